The number of benzene rings is 2. The minimum absolute atomic E-state index is 0.0154. The van der Waals surface area contributed by atoms with Crippen molar-refractivity contribution in [1.29, 1.82) is 0 Å². The summed E-state index contributed by atoms with van der Waals surface area (Å²) < 4.78 is 41.6. The van der Waals surface area contributed by atoms with Crippen LogP contribution in [0.25, 0.3) is 20.4 Å². The zero-order chi connectivity index (χ0) is 41.7. The van der Waals surface area contributed by atoms with E-state index in [0.29, 0.717) is 42.8 Å². The van der Waals surface area contributed by atoms with Crippen LogP contribution in [0.2, 0.25) is 10.0 Å². The Balaban J connectivity index is 1.29. The number of fused-ring (bicyclic) bond motifs is 2. The monoisotopic (exact) mass is 947 g/mol. The molecule has 7 aromatic rings. The fourth-order valence-corrected chi connectivity index (χ4v) is 11.6. The van der Waals surface area contributed by atoms with E-state index in [2.05, 4.69) is 87.3 Å². The lowest BCUT2D eigenvalue weighted by atomic mass is 10.2. The Morgan fingerprint density at radius 2 is 1.17 bits per heavy atom. The third-order valence-corrected chi connectivity index (χ3v) is 14.8. The molecule has 7 rings (SSSR count). The molecule has 0 amide bonds. The summed E-state index contributed by atoms with van der Waals surface area (Å²) in [5, 5.41) is 32.5. The van der Waals surface area contributed by atoms with Gasteiger partial charge in [0.25, 0.3) is 10.1 Å². The van der Waals surface area contributed by atoms with Crippen molar-refractivity contribution >= 4 is 167 Å². The van der Waals surface area contributed by atoms with Crippen LogP contribution in [0.5, 0.6) is 0 Å². The van der Waals surface area contributed by atoms with Gasteiger partial charge in [-0.05, 0) is 87.2 Å². The van der Waals surface area contributed by atoms with Crippen LogP contribution in [0.4, 0.5) is 56.0 Å². The lowest BCUT2D eigenvalue weighted by Gasteiger charge is -2.22. The second-order valence-electron chi connectivity index (χ2n) is 12.3. The molecule has 0 unspecified atom stereocenters. The highest BCUT2D eigenvalue weighted by Crippen LogP contribution is 2.43. The van der Waals surface area contributed by atoms with E-state index < -0.39 is 15.9 Å². The highest BCUT2D eigenvalue weighted by atomic mass is 35.5. The molecule has 308 valence electrons. The maximum absolute atomic E-state index is 11.6. The van der Waals surface area contributed by atoms with E-state index in [4.69, 9.17) is 28.2 Å². The highest BCUT2D eigenvalue weighted by molar-refractivity contribution is 8.00. The van der Waals surface area contributed by atoms with Gasteiger partial charge >= 0.3 is 0 Å². The normalized spacial score (nSPS) is 12.1. The van der Waals surface area contributed by atoms with Crippen molar-refractivity contribution in [2.75, 3.05) is 58.1 Å². The van der Waals surface area contributed by atoms with Gasteiger partial charge in [0, 0.05) is 54.1 Å². The van der Waals surface area contributed by atoms with E-state index in [-0.39, 0.29) is 22.8 Å². The van der Waals surface area contributed by atoms with Crippen LogP contribution in [0.1, 0.15) is 27.7 Å². The van der Waals surface area contributed by atoms with Gasteiger partial charge in [0.15, 0.2) is 15.2 Å². The molecule has 3 N–H and O–H groups in total. The average molecular weight is 949 g/mol. The quantitative estimate of drug-likeness (QED) is 0.0417. The number of aromatic nitrogens is 5. The van der Waals surface area contributed by atoms with E-state index in [1.165, 1.54) is 45.7 Å². The van der Waals surface area contributed by atoms with E-state index in [1.54, 1.807) is 0 Å². The maximum atomic E-state index is 11.6. The van der Waals surface area contributed by atoms with Gasteiger partial charge in [-0.3, -0.25) is 4.55 Å². The molecular formula is C35H35Cl2N13O3S6. The molecule has 16 nitrogen and oxygen atoms in total. The minimum atomic E-state index is -4.24. The SMILES string of the molecule is CCN(CC)c1ccc(N=Nc2snc3scc(Cl)c23)c(Nc2nc(Nc3cc(N(CC)CC)ccc3N=Nc3snc4scc(Cl)c34)nc(SCCS(=O)(=O)O)n2)c1. The Labute approximate surface area is 369 Å². The second kappa shape index (κ2) is 19.1. The number of nitrogens with one attached hydrogen (secondary N) is 2. The molecule has 0 spiro atoms. The highest BCUT2D eigenvalue weighted by Gasteiger charge is 2.18. The molecule has 0 radical (unpaired) electrons. The Bertz CT molecular complexity index is 2600. The topological polar surface area (TPSA) is 199 Å². The number of azo groups is 2. The number of thiophene rings is 2. The summed E-state index contributed by atoms with van der Waals surface area (Å²) in [5.41, 5.74) is 3.92. The van der Waals surface area contributed by atoms with E-state index in [1.807, 2.05) is 47.2 Å². The van der Waals surface area contributed by atoms with Crippen LogP contribution in [-0.4, -0.2) is 74.4 Å². The largest absolute Gasteiger partial charge is 0.372 e. The predicted octanol–water partition coefficient (Wildman–Crippen LogP) is 12.5. The van der Waals surface area contributed by atoms with Gasteiger partial charge in [-0.25, -0.2) is 0 Å². The van der Waals surface area contributed by atoms with Crippen molar-refractivity contribution in [3.63, 3.8) is 0 Å². The number of hydrogen-bond donors (Lipinski definition) is 3. The molecular weight excluding hydrogens is 914 g/mol. The molecule has 0 aliphatic heterocycles. The van der Waals surface area contributed by atoms with Gasteiger partial charge in [0.2, 0.25) is 11.9 Å². The van der Waals surface area contributed by atoms with Crippen LogP contribution in [0.15, 0.2) is 72.8 Å². The summed E-state index contributed by atoms with van der Waals surface area (Å²) in [7, 11) is -4.24. The molecule has 0 aliphatic carbocycles. The molecule has 0 saturated heterocycles. The van der Waals surface area contributed by atoms with Crippen LogP contribution in [-0.2, 0) is 10.1 Å². The standard InChI is InChI=1S/C35H35Cl2N13O3S6/c1-5-49(6-2)19-9-11-23(43-45-29-27-21(36)17-55-31(27)47-57-29)25(15-19)38-33-40-34(42-35(41-33)54-13-14-59(51,52)53)39-26-16-20(50(7-3)8-4)10-12-24(26)44-46-30-28-22(37)18-56-32(28)48-58-30/h9-12,15-18H,5-8,13-14H2,1-4H3,(H,51,52,53)(H2,38,39,40,41,42). The van der Waals surface area contributed by atoms with Crippen LogP contribution < -0.4 is 20.4 Å². The molecule has 0 aliphatic rings. The molecule has 24 heteroatoms. The first kappa shape index (κ1) is 43.0. The van der Waals surface area contributed by atoms with E-state index in [0.717, 1.165) is 69.7 Å². The van der Waals surface area contributed by atoms with Crippen molar-refractivity contribution in [3.8, 4) is 0 Å². The number of rotatable bonds is 18. The van der Waals surface area contributed by atoms with Crippen molar-refractivity contribution in [3.05, 3.63) is 57.2 Å². The molecule has 0 fully saturated rings. The van der Waals surface area contributed by atoms with Crippen molar-refractivity contribution in [1.82, 2.24) is 23.7 Å². The van der Waals surface area contributed by atoms with Crippen LogP contribution >= 0.6 is 80.7 Å². The van der Waals surface area contributed by atoms with Crippen LogP contribution in [0, 0.1) is 0 Å². The fourth-order valence-electron chi connectivity index (χ4n) is 5.78. The third kappa shape index (κ3) is 10.3. The fraction of sp³-hybridized carbons (Fsp3) is 0.286. The molecule has 0 saturated carbocycles. The number of nitrogens with zero attached hydrogens (tertiary/aromatic N) is 11. The van der Waals surface area contributed by atoms with Crippen molar-refractivity contribution in [2.24, 2.45) is 20.5 Å². The summed E-state index contributed by atoms with van der Waals surface area (Å²) in [4.78, 5) is 20.0. The lowest BCUT2D eigenvalue weighted by Crippen LogP contribution is -2.21. The third-order valence-electron chi connectivity index (χ3n) is 8.71. The van der Waals surface area contributed by atoms with Crippen molar-refractivity contribution < 1.29 is 13.0 Å². The Hall–Kier alpha value is -4.13. The summed E-state index contributed by atoms with van der Waals surface area (Å²) in [5.74, 6) is -0.250. The van der Waals surface area contributed by atoms with E-state index >= 15 is 0 Å². The lowest BCUT2D eigenvalue weighted by molar-refractivity contribution is 0.485. The van der Waals surface area contributed by atoms with Gasteiger partial charge in [-0.2, -0.15) is 32.1 Å². The number of anilines is 6. The van der Waals surface area contributed by atoms with Gasteiger partial charge in [0.1, 0.15) is 21.0 Å². The molecule has 0 atom stereocenters. The minimum Gasteiger partial charge on any atom is -0.372 e. The Kier molecular flexibility index (Phi) is 13.9. The number of halogens is 2. The molecule has 0 bridgehead atoms. The van der Waals surface area contributed by atoms with Crippen LogP contribution in [0.3, 0.4) is 0 Å². The van der Waals surface area contributed by atoms with Crippen molar-refractivity contribution in [2.45, 2.75) is 32.9 Å². The first-order chi connectivity index (χ1) is 28.5. The zero-order valence-electron chi connectivity index (χ0n) is 31.7. The average Bonchev–Trinajstić information content (AvgIpc) is 4.00. The summed E-state index contributed by atoms with van der Waals surface area (Å²) in [6, 6.07) is 11.5. The zero-order valence-corrected chi connectivity index (χ0v) is 38.2. The molecule has 2 aromatic carbocycles. The maximum Gasteiger partial charge on any atom is 0.265 e. The summed E-state index contributed by atoms with van der Waals surface area (Å²) in [6.45, 7) is 11.3. The molecule has 5 aromatic heterocycles. The van der Waals surface area contributed by atoms with Gasteiger partial charge < -0.3 is 20.4 Å². The van der Waals surface area contributed by atoms with Gasteiger partial charge in [0.05, 0.1) is 37.9 Å². The smallest absolute Gasteiger partial charge is 0.265 e. The summed E-state index contributed by atoms with van der Waals surface area (Å²) >= 11 is 19.2. The second-order valence-corrected chi connectivity index (χ2v) is 19.0. The first-order valence-corrected chi connectivity index (χ1v) is 24.7. The molecule has 59 heavy (non-hydrogen) atoms. The van der Waals surface area contributed by atoms with E-state index in [9.17, 15) is 13.0 Å². The Morgan fingerprint density at radius 1 is 0.712 bits per heavy atom. The number of hydrogen-bond acceptors (Lipinski definition) is 20. The summed E-state index contributed by atoms with van der Waals surface area (Å²) in [6.07, 6.45) is 0. The number of thioether (sulfide) groups is 1. The molecule has 5 heterocycles. The van der Waals surface area contributed by atoms with Gasteiger partial charge in [-0.15, -0.1) is 43.1 Å². The van der Waals surface area contributed by atoms with Gasteiger partial charge in [-0.1, -0.05) is 35.0 Å². The first-order valence-electron chi connectivity index (χ1n) is 18.0. The Morgan fingerprint density at radius 3 is 1.59 bits per heavy atom. The predicted molar refractivity (Wildman–Crippen MR) is 247 cm³/mol.